The van der Waals surface area contributed by atoms with E-state index in [0.717, 1.165) is 17.7 Å². The lowest BCUT2D eigenvalue weighted by Crippen LogP contribution is -2.48. The van der Waals surface area contributed by atoms with Crippen molar-refractivity contribution in [1.29, 1.82) is 5.26 Å². The van der Waals surface area contributed by atoms with E-state index in [1.54, 1.807) is 30.3 Å². The second kappa shape index (κ2) is 9.87. The van der Waals surface area contributed by atoms with Gasteiger partial charge >= 0.3 is 6.09 Å². The lowest BCUT2D eigenvalue weighted by molar-refractivity contribution is -0.122. The van der Waals surface area contributed by atoms with Crippen LogP contribution in [0.25, 0.3) is 0 Å². The third kappa shape index (κ3) is 6.74. The maximum absolute atomic E-state index is 13.4. The number of ether oxygens (including phenoxy) is 1. The number of nitrogens with zero attached hydrogens (tertiary/aromatic N) is 1. The number of hydrogen-bond donors (Lipinski definition) is 2. The fraction of sp³-hybridized carbons (Fsp3) is 0.211. The zero-order chi connectivity index (χ0) is 19.6. The van der Waals surface area contributed by atoms with E-state index in [1.807, 2.05) is 6.07 Å². The summed E-state index contributed by atoms with van der Waals surface area (Å²) in [6.07, 6.45) is -1.04. The van der Waals surface area contributed by atoms with Gasteiger partial charge in [-0.1, -0.05) is 30.3 Å². The van der Waals surface area contributed by atoms with Crippen LogP contribution in [0.2, 0.25) is 0 Å². The number of amides is 2. The van der Waals surface area contributed by atoms with Crippen LogP contribution in [-0.4, -0.2) is 24.6 Å². The number of carbonyl (C=O) groups excluding carboxylic acids is 2. The van der Waals surface area contributed by atoms with Gasteiger partial charge in [0.2, 0.25) is 5.91 Å². The number of rotatable bonds is 7. The summed E-state index contributed by atoms with van der Waals surface area (Å²) < 4.78 is 31.8. The highest BCUT2D eigenvalue weighted by Gasteiger charge is 2.22. The molecule has 0 radical (unpaired) electrons. The molecule has 0 saturated heterocycles. The van der Waals surface area contributed by atoms with Crippen LogP contribution in [0, 0.1) is 23.0 Å². The van der Waals surface area contributed by atoms with Crippen LogP contribution in [-0.2, 0) is 22.6 Å². The van der Waals surface area contributed by atoms with Gasteiger partial charge in [0.1, 0.15) is 30.8 Å². The Hall–Kier alpha value is -3.47. The average Bonchev–Trinajstić information content (AvgIpc) is 2.64. The van der Waals surface area contributed by atoms with Crippen LogP contribution in [0.3, 0.4) is 0 Å². The molecule has 0 aromatic heterocycles. The molecular formula is C19H17F2N3O3. The number of hydrogen-bond acceptors (Lipinski definition) is 4. The first-order valence-electron chi connectivity index (χ1n) is 8.05. The van der Waals surface area contributed by atoms with Crippen molar-refractivity contribution in [2.45, 2.75) is 19.1 Å². The van der Waals surface area contributed by atoms with Gasteiger partial charge in [0, 0.05) is 12.5 Å². The highest BCUT2D eigenvalue weighted by molar-refractivity contribution is 5.86. The monoisotopic (exact) mass is 373 g/mol. The van der Waals surface area contributed by atoms with Crippen molar-refractivity contribution >= 4 is 12.0 Å². The Labute approximate surface area is 154 Å². The van der Waals surface area contributed by atoms with Gasteiger partial charge in [-0.2, -0.15) is 5.26 Å². The molecule has 2 rings (SSSR count). The lowest BCUT2D eigenvalue weighted by Gasteiger charge is -2.18. The minimum absolute atomic E-state index is 0.00615. The number of carbonyl (C=O) groups is 2. The molecule has 0 saturated carbocycles. The highest BCUT2D eigenvalue weighted by Crippen LogP contribution is 2.11. The molecule has 0 heterocycles. The first-order chi connectivity index (χ1) is 13.0. The summed E-state index contributed by atoms with van der Waals surface area (Å²) in [5.74, 6) is -2.27. The summed E-state index contributed by atoms with van der Waals surface area (Å²) in [5, 5.41) is 13.2. The van der Waals surface area contributed by atoms with Crippen LogP contribution < -0.4 is 10.6 Å². The first-order valence-corrected chi connectivity index (χ1v) is 8.05. The minimum Gasteiger partial charge on any atom is -0.445 e. The number of alkyl carbamates (subject to hydrolysis) is 1. The van der Waals surface area contributed by atoms with Crippen molar-refractivity contribution < 1.29 is 23.1 Å². The van der Waals surface area contributed by atoms with Crippen molar-refractivity contribution in [2.75, 3.05) is 6.54 Å². The molecule has 1 unspecified atom stereocenters. The molecule has 0 bridgehead atoms. The Morgan fingerprint density at radius 2 is 1.74 bits per heavy atom. The SMILES string of the molecule is N#CCNC(=O)C(Cc1cc(F)cc(F)c1)NC(=O)OCc1ccccc1. The molecule has 0 aliphatic rings. The minimum atomic E-state index is -1.16. The molecule has 0 spiro atoms. The topological polar surface area (TPSA) is 91.2 Å². The van der Waals surface area contributed by atoms with Crippen molar-refractivity contribution in [3.63, 3.8) is 0 Å². The summed E-state index contributed by atoms with van der Waals surface area (Å²) >= 11 is 0. The molecule has 1 atom stereocenters. The smallest absolute Gasteiger partial charge is 0.408 e. The molecule has 27 heavy (non-hydrogen) atoms. The van der Waals surface area contributed by atoms with E-state index >= 15 is 0 Å². The second-order valence-electron chi connectivity index (χ2n) is 5.62. The van der Waals surface area contributed by atoms with Gasteiger partial charge in [-0.15, -0.1) is 0 Å². The predicted molar refractivity (Wildman–Crippen MR) is 92.2 cm³/mol. The molecule has 2 N–H and O–H groups in total. The Morgan fingerprint density at radius 3 is 2.37 bits per heavy atom. The van der Waals surface area contributed by atoms with Crippen LogP contribution >= 0.6 is 0 Å². The van der Waals surface area contributed by atoms with Crippen molar-refractivity contribution in [2.24, 2.45) is 0 Å². The maximum Gasteiger partial charge on any atom is 0.408 e. The maximum atomic E-state index is 13.4. The highest BCUT2D eigenvalue weighted by atomic mass is 19.1. The van der Waals surface area contributed by atoms with E-state index in [9.17, 15) is 18.4 Å². The molecule has 140 valence electrons. The normalized spacial score (nSPS) is 11.1. The fourth-order valence-electron chi connectivity index (χ4n) is 2.33. The summed E-state index contributed by atoms with van der Waals surface area (Å²) in [6.45, 7) is -0.276. The summed E-state index contributed by atoms with van der Waals surface area (Å²) in [6, 6.07) is 12.3. The van der Waals surface area contributed by atoms with Gasteiger partial charge in [-0.3, -0.25) is 4.79 Å². The summed E-state index contributed by atoms with van der Waals surface area (Å²) in [7, 11) is 0. The molecule has 2 aromatic carbocycles. The second-order valence-corrected chi connectivity index (χ2v) is 5.62. The third-order valence-corrected chi connectivity index (χ3v) is 3.53. The Balaban J connectivity index is 2.03. The Kier molecular flexibility index (Phi) is 7.26. The van der Waals surface area contributed by atoms with Crippen molar-refractivity contribution in [3.05, 3.63) is 71.3 Å². The third-order valence-electron chi connectivity index (χ3n) is 3.53. The van der Waals surface area contributed by atoms with E-state index in [0.29, 0.717) is 6.07 Å². The molecule has 0 aliphatic heterocycles. The molecule has 2 amide bonds. The number of halogens is 2. The van der Waals surface area contributed by atoms with E-state index < -0.39 is 29.7 Å². The molecule has 0 fully saturated rings. The Morgan fingerprint density at radius 1 is 1.07 bits per heavy atom. The van der Waals surface area contributed by atoms with Crippen LogP contribution in [0.15, 0.2) is 48.5 Å². The molecular weight excluding hydrogens is 356 g/mol. The number of benzene rings is 2. The molecule has 6 nitrogen and oxygen atoms in total. The number of nitriles is 1. The molecule has 8 heteroatoms. The fourth-order valence-corrected chi connectivity index (χ4v) is 2.33. The van der Waals surface area contributed by atoms with Crippen LogP contribution in [0.1, 0.15) is 11.1 Å². The van der Waals surface area contributed by atoms with Gasteiger partial charge in [0.15, 0.2) is 0 Å². The van der Waals surface area contributed by atoms with E-state index in [2.05, 4.69) is 10.6 Å². The van der Waals surface area contributed by atoms with Gasteiger partial charge in [0.05, 0.1) is 6.07 Å². The number of nitrogens with one attached hydrogen (secondary N) is 2. The standard InChI is InChI=1S/C19H17F2N3O3/c20-15-8-14(9-16(21)11-15)10-17(18(25)23-7-6-22)24-19(26)27-12-13-4-2-1-3-5-13/h1-5,8-9,11,17H,7,10,12H2,(H,23,25)(H,24,26). The summed E-state index contributed by atoms with van der Waals surface area (Å²) in [5.41, 5.74) is 0.929. The van der Waals surface area contributed by atoms with Crippen LogP contribution in [0.4, 0.5) is 13.6 Å². The van der Waals surface area contributed by atoms with Gasteiger partial charge in [0.25, 0.3) is 0 Å². The van der Waals surface area contributed by atoms with Gasteiger partial charge in [-0.05, 0) is 23.3 Å². The Bertz CT molecular complexity index is 818. The van der Waals surface area contributed by atoms with Gasteiger partial charge < -0.3 is 15.4 Å². The van der Waals surface area contributed by atoms with Gasteiger partial charge in [-0.25, -0.2) is 13.6 Å². The quantitative estimate of drug-likeness (QED) is 0.730. The van der Waals surface area contributed by atoms with Crippen molar-refractivity contribution in [1.82, 2.24) is 10.6 Å². The predicted octanol–water partition coefficient (Wildman–Crippen LogP) is 2.44. The summed E-state index contributed by atoms with van der Waals surface area (Å²) in [4.78, 5) is 24.2. The lowest BCUT2D eigenvalue weighted by atomic mass is 10.0. The zero-order valence-electron chi connectivity index (χ0n) is 14.2. The first kappa shape index (κ1) is 19.8. The van der Waals surface area contributed by atoms with Crippen LogP contribution in [0.5, 0.6) is 0 Å². The van der Waals surface area contributed by atoms with E-state index in [-0.39, 0.29) is 25.1 Å². The molecule has 2 aromatic rings. The van der Waals surface area contributed by atoms with Crippen molar-refractivity contribution in [3.8, 4) is 6.07 Å². The van der Waals surface area contributed by atoms with E-state index in [4.69, 9.17) is 10.00 Å². The zero-order valence-corrected chi connectivity index (χ0v) is 14.2. The largest absolute Gasteiger partial charge is 0.445 e. The average molecular weight is 373 g/mol. The van der Waals surface area contributed by atoms with E-state index in [1.165, 1.54) is 0 Å². The molecule has 0 aliphatic carbocycles.